The molecule has 3 nitrogen and oxygen atoms in total. The minimum absolute atomic E-state index is 0.0400. The molecular formula is C60H51N3. The number of nitrogens with one attached hydrogen (secondary N) is 2. The van der Waals surface area contributed by atoms with Crippen molar-refractivity contribution >= 4 is 5.84 Å². The number of aliphatic imine (C=N–C) groups is 1. The fourth-order valence-electron chi connectivity index (χ4n) is 11.5. The molecule has 2 N–H and O–H groups in total. The second-order valence-corrected chi connectivity index (χ2v) is 18.7. The maximum absolute atomic E-state index is 5.31. The summed E-state index contributed by atoms with van der Waals surface area (Å²) < 4.78 is 0. The van der Waals surface area contributed by atoms with Crippen molar-refractivity contribution in [2.45, 2.75) is 69.1 Å². The summed E-state index contributed by atoms with van der Waals surface area (Å²) >= 11 is 0. The summed E-state index contributed by atoms with van der Waals surface area (Å²) in [5.74, 6) is 0.881. The lowest BCUT2D eigenvalue weighted by atomic mass is 9.67. The highest BCUT2D eigenvalue weighted by Crippen LogP contribution is 2.61. The number of amidine groups is 1. The number of nitrogens with zero attached hydrogens (tertiary/aromatic N) is 1. The van der Waals surface area contributed by atoms with Crippen LogP contribution in [0, 0.1) is 0 Å². The van der Waals surface area contributed by atoms with Crippen molar-refractivity contribution in [1.82, 2.24) is 10.6 Å². The Morgan fingerprint density at radius 3 is 1.78 bits per heavy atom. The molecule has 2 unspecified atom stereocenters. The molecule has 0 saturated heterocycles. The van der Waals surface area contributed by atoms with Crippen LogP contribution in [0.1, 0.15) is 97.2 Å². The van der Waals surface area contributed by atoms with Crippen LogP contribution in [0.5, 0.6) is 0 Å². The molecule has 0 aromatic heterocycles. The highest BCUT2D eigenvalue weighted by Gasteiger charge is 2.47. The Kier molecular flexibility index (Phi) is 8.98. The summed E-state index contributed by atoms with van der Waals surface area (Å²) in [5, 5.41) is 7.53. The summed E-state index contributed by atoms with van der Waals surface area (Å²) in [4.78, 5) is 5.31. The quantitative estimate of drug-likeness (QED) is 0.175. The van der Waals surface area contributed by atoms with Crippen molar-refractivity contribution in [1.29, 1.82) is 0 Å². The van der Waals surface area contributed by atoms with E-state index in [1.54, 1.807) is 5.56 Å². The van der Waals surface area contributed by atoms with E-state index in [-0.39, 0.29) is 23.2 Å². The number of hydrogen-bond donors (Lipinski definition) is 2. The van der Waals surface area contributed by atoms with Crippen molar-refractivity contribution in [3.05, 3.63) is 227 Å². The van der Waals surface area contributed by atoms with Gasteiger partial charge in [-0.3, -0.25) is 5.32 Å². The van der Waals surface area contributed by atoms with Crippen LogP contribution in [0.4, 0.5) is 0 Å². The maximum atomic E-state index is 5.31. The molecule has 306 valence electrons. The topological polar surface area (TPSA) is 36.4 Å². The zero-order valence-electron chi connectivity index (χ0n) is 36.0. The molecule has 8 aromatic rings. The highest BCUT2D eigenvalue weighted by molar-refractivity contribution is 6.00. The first-order chi connectivity index (χ1) is 30.9. The predicted molar refractivity (Wildman–Crippen MR) is 261 cm³/mol. The normalized spacial score (nSPS) is 18.7. The third-order valence-electron chi connectivity index (χ3n) is 14.8. The van der Waals surface area contributed by atoms with E-state index in [0.29, 0.717) is 0 Å². The second-order valence-electron chi connectivity index (χ2n) is 18.7. The Hall–Kier alpha value is -6.81. The van der Waals surface area contributed by atoms with Gasteiger partial charge in [0.05, 0.1) is 0 Å². The molecule has 8 aromatic carbocycles. The first-order valence-electron chi connectivity index (χ1n) is 22.9. The summed E-state index contributed by atoms with van der Waals surface area (Å²) in [6, 6.07) is 69.6. The van der Waals surface area contributed by atoms with E-state index in [4.69, 9.17) is 4.99 Å². The largest absolute Gasteiger partial charge is 0.350 e. The van der Waals surface area contributed by atoms with Crippen LogP contribution in [0.25, 0.3) is 55.6 Å². The average Bonchev–Trinajstić information content (AvgIpc) is 3.74. The van der Waals surface area contributed by atoms with Crippen molar-refractivity contribution in [2.24, 2.45) is 4.99 Å². The Morgan fingerprint density at radius 1 is 0.429 bits per heavy atom. The van der Waals surface area contributed by atoms with Gasteiger partial charge in [0.15, 0.2) is 0 Å². The van der Waals surface area contributed by atoms with Gasteiger partial charge in [-0.2, -0.15) is 0 Å². The van der Waals surface area contributed by atoms with Gasteiger partial charge in [-0.25, -0.2) is 4.99 Å². The SMILES string of the molecule is CC1(C)c2ccccc2-c2cc3c(cc21)-c1c(-c2ccc(-c4cccc(C5N=C(c6ccc(-c7ccccc7)cc6)NC(c6ccccc6)N5)c4)cc2)cccc1C31CCCCC1. The van der Waals surface area contributed by atoms with E-state index in [1.165, 1.54) is 110 Å². The van der Waals surface area contributed by atoms with Gasteiger partial charge in [-0.15, -0.1) is 0 Å². The Labute approximate surface area is 371 Å². The van der Waals surface area contributed by atoms with Crippen LogP contribution in [0.2, 0.25) is 0 Å². The van der Waals surface area contributed by atoms with E-state index >= 15 is 0 Å². The number of rotatable bonds is 6. The predicted octanol–water partition coefficient (Wildman–Crippen LogP) is 14.6. The van der Waals surface area contributed by atoms with Gasteiger partial charge in [0.1, 0.15) is 18.2 Å². The molecule has 1 aliphatic heterocycles. The molecule has 12 rings (SSSR count). The van der Waals surface area contributed by atoms with Gasteiger partial charge >= 0.3 is 0 Å². The van der Waals surface area contributed by atoms with Gasteiger partial charge in [0, 0.05) is 16.4 Å². The lowest BCUT2D eigenvalue weighted by Crippen LogP contribution is -2.44. The van der Waals surface area contributed by atoms with E-state index < -0.39 is 0 Å². The number of benzene rings is 8. The Balaban J connectivity index is 0.892. The van der Waals surface area contributed by atoms with Gasteiger partial charge < -0.3 is 5.32 Å². The third kappa shape index (κ3) is 6.24. The highest BCUT2D eigenvalue weighted by atomic mass is 15.3. The van der Waals surface area contributed by atoms with Crippen molar-refractivity contribution < 1.29 is 0 Å². The summed E-state index contributed by atoms with van der Waals surface area (Å²) in [6.45, 7) is 4.82. The zero-order valence-corrected chi connectivity index (χ0v) is 36.0. The lowest BCUT2D eigenvalue weighted by Gasteiger charge is -2.36. The standard InChI is InChI=1S/C60H51N3/c1-59(2)51-24-11-10-22-48(51)49-37-54-50(38-53(49)59)55-47(23-15-25-52(55)60(54)34-12-5-13-35-60)42-30-26-41(27-31-42)45-20-14-21-46(36-45)58-62-56(43-18-8-4-9-19-43)61-57(63-58)44-32-28-40(29-33-44)39-16-6-3-7-17-39/h3-4,6-11,14-33,36-38,56,58,62H,5,12-13,34-35H2,1-2H3,(H,61,63). The molecule has 1 saturated carbocycles. The van der Waals surface area contributed by atoms with Crippen LogP contribution >= 0.6 is 0 Å². The van der Waals surface area contributed by atoms with Crippen molar-refractivity contribution in [3.8, 4) is 55.6 Å². The van der Waals surface area contributed by atoms with Crippen LogP contribution in [-0.2, 0) is 10.8 Å². The smallest absolute Gasteiger partial charge is 0.131 e. The minimum Gasteiger partial charge on any atom is -0.350 e. The third-order valence-corrected chi connectivity index (χ3v) is 14.8. The Bertz CT molecular complexity index is 3050. The number of fused-ring (bicyclic) bond motifs is 8. The minimum atomic E-state index is -0.238. The molecule has 63 heavy (non-hydrogen) atoms. The van der Waals surface area contributed by atoms with E-state index in [1.807, 2.05) is 0 Å². The molecule has 1 spiro atoms. The molecule has 2 atom stereocenters. The van der Waals surface area contributed by atoms with Crippen molar-refractivity contribution in [3.63, 3.8) is 0 Å². The number of hydrogen-bond acceptors (Lipinski definition) is 3. The van der Waals surface area contributed by atoms with E-state index in [2.05, 4.69) is 213 Å². The average molecular weight is 814 g/mol. The zero-order chi connectivity index (χ0) is 42.1. The second kappa shape index (κ2) is 14.9. The molecule has 4 aliphatic rings. The monoisotopic (exact) mass is 813 g/mol. The summed E-state index contributed by atoms with van der Waals surface area (Å²) in [6.07, 6.45) is 5.99. The molecule has 1 fully saturated rings. The van der Waals surface area contributed by atoms with Crippen LogP contribution < -0.4 is 10.6 Å². The van der Waals surface area contributed by atoms with Crippen LogP contribution in [-0.4, -0.2) is 5.84 Å². The first kappa shape index (κ1) is 37.9. The molecule has 0 radical (unpaired) electrons. The van der Waals surface area contributed by atoms with Gasteiger partial charge in [-0.1, -0.05) is 203 Å². The molecule has 3 heteroatoms. The van der Waals surface area contributed by atoms with Gasteiger partial charge in [0.25, 0.3) is 0 Å². The maximum Gasteiger partial charge on any atom is 0.131 e. The molecule has 0 amide bonds. The van der Waals surface area contributed by atoms with E-state index in [0.717, 1.165) is 17.0 Å². The van der Waals surface area contributed by atoms with Crippen LogP contribution in [0.15, 0.2) is 193 Å². The van der Waals surface area contributed by atoms with E-state index in [9.17, 15) is 0 Å². The summed E-state index contributed by atoms with van der Waals surface area (Å²) in [5.41, 5.74) is 22.6. The fourth-order valence-corrected chi connectivity index (χ4v) is 11.5. The first-order valence-corrected chi connectivity index (χ1v) is 22.9. The fraction of sp³-hybridized carbons (Fsp3) is 0.183. The van der Waals surface area contributed by atoms with Gasteiger partial charge in [-0.05, 0) is 120 Å². The molecule has 0 bridgehead atoms. The summed E-state index contributed by atoms with van der Waals surface area (Å²) in [7, 11) is 0. The van der Waals surface area contributed by atoms with Gasteiger partial charge in [0.2, 0.25) is 0 Å². The molecular weight excluding hydrogens is 763 g/mol. The molecule has 3 aliphatic carbocycles. The Morgan fingerprint density at radius 2 is 1.00 bits per heavy atom. The molecule has 1 heterocycles. The lowest BCUT2D eigenvalue weighted by molar-refractivity contribution is 0.353. The van der Waals surface area contributed by atoms with Crippen molar-refractivity contribution in [2.75, 3.05) is 0 Å². The van der Waals surface area contributed by atoms with Crippen LogP contribution in [0.3, 0.4) is 0 Å².